The van der Waals surface area contributed by atoms with Gasteiger partial charge in [0.15, 0.2) is 0 Å². The van der Waals surface area contributed by atoms with Crippen LogP contribution in [0.4, 0.5) is 0 Å². The van der Waals surface area contributed by atoms with Crippen LogP contribution in [0.3, 0.4) is 0 Å². The highest BCUT2D eigenvalue weighted by molar-refractivity contribution is 4.98. The summed E-state index contributed by atoms with van der Waals surface area (Å²) >= 11 is 0. The van der Waals surface area contributed by atoms with E-state index in [4.69, 9.17) is 0 Å². The van der Waals surface area contributed by atoms with Crippen LogP contribution in [0.15, 0.2) is 0 Å². The van der Waals surface area contributed by atoms with Gasteiger partial charge in [0.2, 0.25) is 0 Å². The summed E-state index contributed by atoms with van der Waals surface area (Å²) in [5, 5.41) is 3.77. The normalized spacial score (nSPS) is 34.5. The number of nitrogens with zero attached hydrogens (tertiary/aromatic N) is 2. The summed E-state index contributed by atoms with van der Waals surface area (Å²) in [5.41, 5.74) is 0.781. The van der Waals surface area contributed by atoms with Crippen LogP contribution in [0.5, 0.6) is 0 Å². The Morgan fingerprint density at radius 1 is 1.15 bits per heavy atom. The highest BCUT2D eigenvalue weighted by Crippen LogP contribution is 2.41. The van der Waals surface area contributed by atoms with Crippen LogP contribution in [0.2, 0.25) is 0 Å². The first kappa shape index (κ1) is 16.3. The third-order valence-electron chi connectivity index (χ3n) is 5.79. The predicted octanol–water partition coefficient (Wildman–Crippen LogP) is 2.43. The Labute approximate surface area is 126 Å². The van der Waals surface area contributed by atoms with E-state index < -0.39 is 0 Å². The molecule has 0 aromatic rings. The zero-order valence-corrected chi connectivity index (χ0v) is 14.5. The Bertz CT molecular complexity index is 324. The van der Waals surface area contributed by atoms with E-state index in [9.17, 15) is 0 Å². The Hall–Kier alpha value is -0.120. The smallest absolute Gasteiger partial charge is 0.0277 e. The van der Waals surface area contributed by atoms with Gasteiger partial charge in [-0.25, -0.2) is 0 Å². The molecule has 0 aromatic heterocycles. The van der Waals surface area contributed by atoms with Crippen molar-refractivity contribution in [2.24, 2.45) is 11.3 Å². The van der Waals surface area contributed by atoms with Gasteiger partial charge in [-0.2, -0.15) is 0 Å². The minimum atomic E-state index is 0.319. The third-order valence-corrected chi connectivity index (χ3v) is 5.79. The fourth-order valence-corrected chi connectivity index (χ4v) is 4.21. The van der Waals surface area contributed by atoms with E-state index in [1.807, 2.05) is 0 Å². The molecule has 1 aliphatic heterocycles. The monoisotopic (exact) mass is 281 g/mol. The number of nitrogens with one attached hydrogen (secondary N) is 1. The number of piperazine rings is 1. The molecule has 2 aliphatic rings. The van der Waals surface area contributed by atoms with Gasteiger partial charge in [0.1, 0.15) is 0 Å². The molecule has 0 radical (unpaired) electrons. The average molecular weight is 281 g/mol. The van der Waals surface area contributed by atoms with Crippen LogP contribution >= 0.6 is 0 Å². The van der Waals surface area contributed by atoms with Crippen LogP contribution < -0.4 is 5.32 Å². The molecule has 1 N–H and O–H groups in total. The lowest BCUT2D eigenvalue weighted by molar-refractivity contribution is 0.0287. The Morgan fingerprint density at radius 3 is 2.45 bits per heavy atom. The molecule has 2 rings (SSSR count). The van der Waals surface area contributed by atoms with Gasteiger partial charge in [-0.05, 0) is 51.6 Å². The van der Waals surface area contributed by atoms with E-state index in [0.717, 1.165) is 12.5 Å². The first-order valence-electron chi connectivity index (χ1n) is 8.43. The molecular weight excluding hydrogens is 246 g/mol. The molecule has 0 spiro atoms. The number of rotatable bonds is 4. The molecule has 118 valence electrons. The molecule has 1 saturated carbocycles. The molecule has 3 heteroatoms. The van der Waals surface area contributed by atoms with Gasteiger partial charge in [-0.1, -0.05) is 20.8 Å². The van der Waals surface area contributed by atoms with Crippen LogP contribution in [-0.4, -0.2) is 61.2 Å². The SMILES string of the molecule is CCNC1C(CN2CCN(C)C(C)(C)C2)CCC1(C)C. The lowest BCUT2D eigenvalue weighted by atomic mass is 9.84. The van der Waals surface area contributed by atoms with Crippen molar-refractivity contribution in [1.82, 2.24) is 15.1 Å². The van der Waals surface area contributed by atoms with Gasteiger partial charge >= 0.3 is 0 Å². The lowest BCUT2D eigenvalue weighted by Crippen LogP contribution is -2.59. The van der Waals surface area contributed by atoms with Crippen molar-refractivity contribution in [3.8, 4) is 0 Å². The van der Waals surface area contributed by atoms with Gasteiger partial charge < -0.3 is 5.32 Å². The van der Waals surface area contributed by atoms with E-state index in [1.54, 1.807) is 0 Å². The van der Waals surface area contributed by atoms with Crippen molar-refractivity contribution >= 4 is 0 Å². The van der Waals surface area contributed by atoms with Crippen molar-refractivity contribution in [3.05, 3.63) is 0 Å². The highest BCUT2D eigenvalue weighted by atomic mass is 15.3. The topological polar surface area (TPSA) is 18.5 Å². The molecular formula is C17H35N3. The van der Waals surface area contributed by atoms with Crippen molar-refractivity contribution in [3.63, 3.8) is 0 Å². The van der Waals surface area contributed by atoms with Crippen LogP contribution in [0, 0.1) is 11.3 Å². The van der Waals surface area contributed by atoms with Gasteiger partial charge in [-0.15, -0.1) is 0 Å². The Kier molecular flexibility index (Phi) is 4.83. The summed E-state index contributed by atoms with van der Waals surface area (Å²) in [6.07, 6.45) is 2.75. The molecule has 2 fully saturated rings. The molecule has 1 saturated heterocycles. The molecule has 1 heterocycles. The molecule has 3 nitrogen and oxygen atoms in total. The van der Waals surface area contributed by atoms with E-state index >= 15 is 0 Å². The fourth-order valence-electron chi connectivity index (χ4n) is 4.21. The molecule has 2 atom stereocenters. The van der Waals surface area contributed by atoms with E-state index in [-0.39, 0.29) is 0 Å². The highest BCUT2D eigenvalue weighted by Gasteiger charge is 2.42. The van der Waals surface area contributed by atoms with Gasteiger partial charge in [-0.3, -0.25) is 9.80 Å². The second-order valence-corrected chi connectivity index (χ2v) is 8.29. The summed E-state index contributed by atoms with van der Waals surface area (Å²) in [7, 11) is 2.26. The largest absolute Gasteiger partial charge is 0.313 e. The van der Waals surface area contributed by atoms with Gasteiger partial charge in [0, 0.05) is 37.8 Å². The quantitative estimate of drug-likeness (QED) is 0.854. The maximum atomic E-state index is 3.77. The van der Waals surface area contributed by atoms with Crippen molar-refractivity contribution in [1.29, 1.82) is 0 Å². The lowest BCUT2D eigenvalue weighted by Gasteiger charge is -2.46. The van der Waals surface area contributed by atoms with Crippen LogP contribution in [0.25, 0.3) is 0 Å². The van der Waals surface area contributed by atoms with E-state index in [0.29, 0.717) is 17.0 Å². The van der Waals surface area contributed by atoms with Crippen LogP contribution in [-0.2, 0) is 0 Å². The second-order valence-electron chi connectivity index (χ2n) is 8.29. The number of hydrogen-bond donors (Lipinski definition) is 1. The molecule has 0 amide bonds. The summed E-state index contributed by atoms with van der Waals surface area (Å²) in [6, 6.07) is 0.690. The van der Waals surface area contributed by atoms with Crippen molar-refractivity contribution in [2.75, 3.05) is 39.8 Å². The maximum Gasteiger partial charge on any atom is 0.0277 e. The summed E-state index contributed by atoms with van der Waals surface area (Å²) < 4.78 is 0. The first-order chi connectivity index (χ1) is 9.26. The zero-order valence-electron chi connectivity index (χ0n) is 14.5. The molecule has 0 bridgehead atoms. The first-order valence-corrected chi connectivity index (χ1v) is 8.43. The van der Waals surface area contributed by atoms with Crippen molar-refractivity contribution in [2.45, 2.75) is 59.0 Å². The Balaban J connectivity index is 1.96. The number of hydrogen-bond acceptors (Lipinski definition) is 3. The van der Waals surface area contributed by atoms with Crippen molar-refractivity contribution < 1.29 is 0 Å². The molecule has 0 aromatic carbocycles. The van der Waals surface area contributed by atoms with Crippen LogP contribution in [0.1, 0.15) is 47.5 Å². The second kappa shape index (κ2) is 5.94. The summed E-state index contributed by atoms with van der Waals surface area (Å²) in [4.78, 5) is 5.21. The minimum absolute atomic E-state index is 0.319. The van der Waals surface area contributed by atoms with E-state index in [2.05, 4.69) is 56.8 Å². The third kappa shape index (κ3) is 3.37. The molecule has 1 aliphatic carbocycles. The maximum absolute atomic E-state index is 3.77. The predicted molar refractivity (Wildman–Crippen MR) is 87.1 cm³/mol. The number of likely N-dealkylation sites (N-methyl/N-ethyl adjacent to an activating group) is 1. The van der Waals surface area contributed by atoms with Gasteiger partial charge in [0.05, 0.1) is 0 Å². The molecule has 2 unspecified atom stereocenters. The molecule has 20 heavy (non-hydrogen) atoms. The standard InChI is InChI=1S/C17H35N3/c1-7-18-15-14(8-9-16(15,2)3)12-20-11-10-19(6)17(4,5)13-20/h14-15,18H,7-13H2,1-6H3. The summed E-state index contributed by atoms with van der Waals surface area (Å²) in [5.74, 6) is 0.823. The average Bonchev–Trinajstić information content (AvgIpc) is 2.61. The summed E-state index contributed by atoms with van der Waals surface area (Å²) in [6.45, 7) is 17.9. The minimum Gasteiger partial charge on any atom is -0.313 e. The fraction of sp³-hybridized carbons (Fsp3) is 1.00. The Morgan fingerprint density at radius 2 is 1.85 bits per heavy atom. The van der Waals surface area contributed by atoms with Gasteiger partial charge in [0.25, 0.3) is 0 Å². The zero-order chi connectivity index (χ0) is 15.0. The van der Waals surface area contributed by atoms with E-state index in [1.165, 1.54) is 39.0 Å².